The van der Waals surface area contributed by atoms with Gasteiger partial charge in [0.25, 0.3) is 0 Å². The van der Waals surface area contributed by atoms with Crippen LogP contribution in [0.15, 0.2) is 42.5 Å². The first kappa shape index (κ1) is 15.8. The summed E-state index contributed by atoms with van der Waals surface area (Å²) >= 11 is 0. The van der Waals surface area contributed by atoms with Crippen LogP contribution in [0.3, 0.4) is 0 Å². The monoisotopic (exact) mass is 338 g/mol. The summed E-state index contributed by atoms with van der Waals surface area (Å²) in [4.78, 5) is 17.6. The molecule has 2 unspecified atom stereocenters. The van der Waals surface area contributed by atoms with Gasteiger partial charge in [0.1, 0.15) is 17.2 Å². The summed E-state index contributed by atoms with van der Waals surface area (Å²) in [6, 6.07) is 10.7. The van der Waals surface area contributed by atoms with Crippen molar-refractivity contribution < 1.29 is 33.8 Å². The largest absolute Gasteiger partial charge is 0.524 e. The van der Waals surface area contributed by atoms with Crippen molar-refractivity contribution in [1.82, 2.24) is 0 Å². The minimum Gasteiger partial charge on any atom is -0.508 e. The van der Waals surface area contributed by atoms with E-state index < -0.39 is 13.9 Å². The van der Waals surface area contributed by atoms with Gasteiger partial charge in [-0.15, -0.1) is 0 Å². The Kier molecular flexibility index (Phi) is 4.04. The molecule has 2 atom stereocenters. The summed E-state index contributed by atoms with van der Waals surface area (Å²) in [7, 11) is -4.65. The lowest BCUT2D eigenvalue weighted by Gasteiger charge is -2.31. The zero-order valence-electron chi connectivity index (χ0n) is 11.9. The molecular weight excluding hydrogens is 323 g/mol. The van der Waals surface area contributed by atoms with Crippen LogP contribution in [0.5, 0.6) is 17.2 Å². The van der Waals surface area contributed by atoms with Crippen LogP contribution in [-0.2, 0) is 4.57 Å². The Morgan fingerprint density at radius 3 is 2.48 bits per heavy atom. The Hall–Kier alpha value is -2.05. The summed E-state index contributed by atoms with van der Waals surface area (Å²) in [5.74, 6) is 0.113. The Morgan fingerprint density at radius 1 is 1.13 bits per heavy atom. The van der Waals surface area contributed by atoms with Crippen molar-refractivity contribution in [3.8, 4) is 17.2 Å². The topological polar surface area (TPSA) is 116 Å². The van der Waals surface area contributed by atoms with E-state index in [1.807, 2.05) is 0 Å². The molecule has 1 aliphatic rings. The van der Waals surface area contributed by atoms with E-state index in [4.69, 9.17) is 14.5 Å². The van der Waals surface area contributed by atoms with Crippen molar-refractivity contribution in [2.24, 2.45) is 0 Å². The molecule has 0 radical (unpaired) electrons. The molecule has 8 heteroatoms. The first-order valence-corrected chi connectivity index (χ1v) is 8.35. The van der Waals surface area contributed by atoms with Gasteiger partial charge in [0.05, 0.1) is 12.7 Å². The summed E-state index contributed by atoms with van der Waals surface area (Å²) in [6.45, 7) is 0.193. The number of ether oxygens (including phenoxy) is 1. The van der Waals surface area contributed by atoms with E-state index in [0.29, 0.717) is 11.3 Å². The Morgan fingerprint density at radius 2 is 1.83 bits per heavy atom. The third kappa shape index (κ3) is 3.48. The van der Waals surface area contributed by atoms with Crippen molar-refractivity contribution in [2.75, 3.05) is 6.61 Å². The number of phosphoric ester groups is 1. The van der Waals surface area contributed by atoms with E-state index in [1.165, 1.54) is 30.3 Å². The van der Waals surface area contributed by atoms with Crippen LogP contribution in [0.1, 0.15) is 23.1 Å². The van der Waals surface area contributed by atoms with E-state index in [0.717, 1.165) is 5.56 Å². The third-order valence-corrected chi connectivity index (χ3v) is 4.10. The number of hydrogen-bond donors (Lipinski definition) is 4. The van der Waals surface area contributed by atoms with Crippen molar-refractivity contribution >= 4 is 7.82 Å². The zero-order chi connectivity index (χ0) is 16.6. The minimum absolute atomic E-state index is 0.0348. The lowest BCUT2D eigenvalue weighted by atomic mass is 9.87. The molecule has 0 saturated carbocycles. The van der Waals surface area contributed by atoms with Gasteiger partial charge in [0, 0.05) is 17.5 Å². The van der Waals surface area contributed by atoms with Gasteiger partial charge in [-0.3, -0.25) is 9.79 Å². The second-order valence-electron chi connectivity index (χ2n) is 5.24. The van der Waals surface area contributed by atoms with Crippen molar-refractivity contribution in [2.45, 2.75) is 12.0 Å². The van der Waals surface area contributed by atoms with Crippen LogP contribution in [0.4, 0.5) is 0 Å². The highest BCUT2D eigenvalue weighted by Crippen LogP contribution is 2.44. The molecule has 3 rings (SSSR count). The second-order valence-corrected chi connectivity index (χ2v) is 6.40. The number of rotatable bonds is 3. The van der Waals surface area contributed by atoms with Gasteiger partial charge >= 0.3 is 7.82 Å². The van der Waals surface area contributed by atoms with Gasteiger partial charge in [-0.2, -0.15) is 0 Å². The average Bonchev–Trinajstić information content (AvgIpc) is 2.47. The molecule has 0 saturated heterocycles. The molecule has 2 aromatic rings. The molecule has 1 heterocycles. The molecule has 0 fully saturated rings. The highest BCUT2D eigenvalue weighted by atomic mass is 31.2. The standard InChI is InChI=1S/C15H15O7P/c16-10-3-1-9(2-4-10)13-8-21-14-7-11(22-23(18,19)20)5-6-12(14)15(13)17/h1-7,13,15-17H,8H2,(H2,18,19,20). The molecule has 7 nitrogen and oxygen atoms in total. The Bertz CT molecular complexity index is 753. The summed E-state index contributed by atoms with van der Waals surface area (Å²) in [6.07, 6.45) is -0.840. The highest BCUT2D eigenvalue weighted by Gasteiger charge is 2.31. The predicted octanol–water partition coefficient (Wildman–Crippen LogP) is 2.07. The number of aromatic hydroxyl groups is 1. The zero-order valence-corrected chi connectivity index (χ0v) is 12.8. The number of aliphatic hydroxyl groups is 1. The summed E-state index contributed by atoms with van der Waals surface area (Å²) in [5.41, 5.74) is 1.32. The third-order valence-electron chi connectivity index (χ3n) is 3.65. The van der Waals surface area contributed by atoms with Crippen LogP contribution in [0.2, 0.25) is 0 Å². The van der Waals surface area contributed by atoms with Gasteiger partial charge in [-0.25, -0.2) is 4.57 Å². The van der Waals surface area contributed by atoms with Gasteiger partial charge in [0.2, 0.25) is 0 Å². The first-order chi connectivity index (χ1) is 10.8. The highest BCUT2D eigenvalue weighted by molar-refractivity contribution is 7.46. The van der Waals surface area contributed by atoms with Crippen molar-refractivity contribution in [3.63, 3.8) is 0 Å². The molecule has 1 aliphatic heterocycles. The lowest BCUT2D eigenvalue weighted by molar-refractivity contribution is 0.0888. The number of aliphatic hydroxyl groups excluding tert-OH is 1. The average molecular weight is 338 g/mol. The number of benzene rings is 2. The Labute approximate surface area is 132 Å². The van der Waals surface area contributed by atoms with E-state index >= 15 is 0 Å². The first-order valence-electron chi connectivity index (χ1n) is 6.82. The molecule has 0 amide bonds. The Balaban J connectivity index is 1.87. The molecular formula is C15H15O7P. The van der Waals surface area contributed by atoms with Gasteiger partial charge < -0.3 is 19.5 Å². The number of hydrogen-bond acceptors (Lipinski definition) is 5. The van der Waals surface area contributed by atoms with E-state index in [2.05, 4.69) is 4.52 Å². The fraction of sp³-hybridized carbons (Fsp3) is 0.200. The summed E-state index contributed by atoms with van der Waals surface area (Å²) < 4.78 is 21.0. The van der Waals surface area contributed by atoms with Gasteiger partial charge in [-0.05, 0) is 29.8 Å². The maximum absolute atomic E-state index is 10.9. The quantitative estimate of drug-likeness (QED) is 0.633. The van der Waals surface area contributed by atoms with E-state index in [9.17, 15) is 14.8 Å². The predicted molar refractivity (Wildman–Crippen MR) is 80.4 cm³/mol. The number of phenolic OH excluding ortho intramolecular Hbond substituents is 1. The fourth-order valence-electron chi connectivity index (χ4n) is 2.57. The van der Waals surface area contributed by atoms with Crippen LogP contribution >= 0.6 is 7.82 Å². The van der Waals surface area contributed by atoms with Crippen LogP contribution < -0.4 is 9.26 Å². The molecule has 2 aromatic carbocycles. The molecule has 0 aliphatic carbocycles. The van der Waals surface area contributed by atoms with Crippen molar-refractivity contribution in [1.29, 1.82) is 0 Å². The van der Waals surface area contributed by atoms with Gasteiger partial charge in [-0.1, -0.05) is 12.1 Å². The maximum atomic E-state index is 10.9. The van der Waals surface area contributed by atoms with Crippen LogP contribution in [0, 0.1) is 0 Å². The van der Waals surface area contributed by atoms with Crippen LogP contribution in [0.25, 0.3) is 0 Å². The molecule has 0 spiro atoms. The normalized spacial score (nSPS) is 20.5. The molecule has 23 heavy (non-hydrogen) atoms. The maximum Gasteiger partial charge on any atom is 0.524 e. The molecule has 122 valence electrons. The molecule has 0 bridgehead atoms. The lowest BCUT2D eigenvalue weighted by Crippen LogP contribution is -2.24. The number of fused-ring (bicyclic) bond motifs is 1. The summed E-state index contributed by atoms with van der Waals surface area (Å²) in [5, 5.41) is 19.9. The van der Waals surface area contributed by atoms with Crippen LogP contribution in [-0.4, -0.2) is 26.6 Å². The van der Waals surface area contributed by atoms with E-state index in [1.54, 1.807) is 12.1 Å². The minimum atomic E-state index is -4.65. The molecule has 4 N–H and O–H groups in total. The smallest absolute Gasteiger partial charge is 0.508 e. The van der Waals surface area contributed by atoms with Crippen molar-refractivity contribution in [3.05, 3.63) is 53.6 Å². The fourth-order valence-corrected chi connectivity index (χ4v) is 2.95. The molecule has 0 aromatic heterocycles. The number of phenols is 1. The number of phosphoric acid groups is 1. The second kappa shape index (κ2) is 5.86. The SMILES string of the molecule is O=P(O)(O)Oc1ccc2c(c1)OCC(c1ccc(O)cc1)C2O. The van der Waals surface area contributed by atoms with Gasteiger partial charge in [0.15, 0.2) is 0 Å². The van der Waals surface area contributed by atoms with E-state index in [-0.39, 0.29) is 24.0 Å².